The van der Waals surface area contributed by atoms with Crippen LogP contribution < -0.4 is 21.5 Å². The molecule has 0 spiro atoms. The van der Waals surface area contributed by atoms with Gasteiger partial charge in [-0.1, -0.05) is 91.5 Å². The first-order valence-electron chi connectivity index (χ1n) is 11.7. The van der Waals surface area contributed by atoms with Crippen LogP contribution in [0.25, 0.3) is 34.4 Å². The number of nitrogens with two attached hydrogens (primary N) is 1. The van der Waals surface area contributed by atoms with E-state index in [0.717, 1.165) is 43.8 Å². The molecule has 0 saturated carbocycles. The molecule has 176 valence electrons. The molecule has 4 aromatic carbocycles. The van der Waals surface area contributed by atoms with Crippen molar-refractivity contribution < 1.29 is 0 Å². The molecule has 0 aromatic heterocycles. The Hall–Kier alpha value is -4.72. The topological polar surface area (TPSA) is 85.7 Å². The molecule has 0 heterocycles. The van der Waals surface area contributed by atoms with Gasteiger partial charge in [0, 0.05) is 5.56 Å². The van der Waals surface area contributed by atoms with Gasteiger partial charge in [0.05, 0.1) is 11.6 Å². The van der Waals surface area contributed by atoms with Crippen LogP contribution >= 0.6 is 0 Å². The Morgan fingerprint density at radius 2 is 1.53 bits per heavy atom. The van der Waals surface area contributed by atoms with Crippen molar-refractivity contribution >= 4 is 18.0 Å². The van der Waals surface area contributed by atoms with E-state index >= 15 is 0 Å². The van der Waals surface area contributed by atoms with Crippen molar-refractivity contribution in [3.63, 3.8) is 0 Å². The average Bonchev–Trinajstić information content (AvgIpc) is 2.93. The Bertz CT molecular complexity index is 1540. The van der Waals surface area contributed by atoms with Gasteiger partial charge in [0.25, 0.3) is 0 Å². The predicted molar refractivity (Wildman–Crippen MR) is 149 cm³/mol. The van der Waals surface area contributed by atoms with Crippen LogP contribution in [0.15, 0.2) is 104 Å². The largest absolute Gasteiger partial charge is 0.351 e. The van der Waals surface area contributed by atoms with Crippen molar-refractivity contribution in [2.45, 2.75) is 13.1 Å². The first kappa shape index (κ1) is 24.4. The molecular weight excluding hydrogens is 440 g/mol. The fourth-order valence-corrected chi connectivity index (χ4v) is 4.16. The van der Waals surface area contributed by atoms with E-state index in [1.807, 2.05) is 73.7 Å². The Balaban J connectivity index is 1.76. The van der Waals surface area contributed by atoms with Crippen molar-refractivity contribution in [3.05, 3.63) is 131 Å². The Kier molecular flexibility index (Phi) is 7.55. The van der Waals surface area contributed by atoms with E-state index in [1.54, 1.807) is 6.08 Å². The highest BCUT2D eigenvalue weighted by atomic mass is 15.1. The van der Waals surface area contributed by atoms with Gasteiger partial charge in [0.1, 0.15) is 12.0 Å². The van der Waals surface area contributed by atoms with E-state index < -0.39 is 6.17 Å². The maximum Gasteiger partial charge on any atom is 0.127 e. The van der Waals surface area contributed by atoms with Gasteiger partial charge in [0.15, 0.2) is 0 Å². The van der Waals surface area contributed by atoms with E-state index in [0.29, 0.717) is 5.56 Å². The molecule has 0 aliphatic heterocycles. The summed E-state index contributed by atoms with van der Waals surface area (Å²) in [7, 11) is 0. The molecule has 0 radical (unpaired) electrons. The summed E-state index contributed by atoms with van der Waals surface area (Å²) in [6.07, 6.45) is 5.25. The lowest BCUT2D eigenvalue weighted by Gasteiger charge is -2.19. The summed E-state index contributed by atoms with van der Waals surface area (Å²) in [5.41, 5.74) is 12.7. The summed E-state index contributed by atoms with van der Waals surface area (Å²) < 4.78 is 0. The smallest absolute Gasteiger partial charge is 0.127 e. The molecule has 0 aliphatic rings. The van der Waals surface area contributed by atoms with Gasteiger partial charge < -0.3 is 11.1 Å². The number of benzene rings is 4. The van der Waals surface area contributed by atoms with Crippen molar-refractivity contribution in [1.29, 1.82) is 10.7 Å². The third-order valence-electron chi connectivity index (χ3n) is 6.10. The Morgan fingerprint density at radius 3 is 2.11 bits per heavy atom. The molecule has 0 saturated heterocycles. The van der Waals surface area contributed by atoms with E-state index in [9.17, 15) is 0 Å². The highest BCUT2D eigenvalue weighted by Crippen LogP contribution is 2.27. The van der Waals surface area contributed by atoms with E-state index in [1.165, 1.54) is 0 Å². The standard InChI is InChI=1S/C32H28N4/c1-3-8-28-20-30(32(35)36-31(34)27-9-6-5-7-10-27)29(19-23(28)4-2)26-17-15-25(16-18-26)24-13-11-22(21-33)12-14-24/h3-20,31H,1,34H2,2H3,(H2,35,36)/b23-4-,28-8-. The second kappa shape index (κ2) is 11.1. The zero-order valence-corrected chi connectivity index (χ0v) is 20.2. The lowest BCUT2D eigenvalue weighted by atomic mass is 9.94. The molecule has 1 atom stereocenters. The van der Waals surface area contributed by atoms with Gasteiger partial charge in [0.2, 0.25) is 0 Å². The first-order valence-corrected chi connectivity index (χ1v) is 11.7. The number of allylic oxidation sites excluding steroid dienone is 1. The Morgan fingerprint density at radius 1 is 0.917 bits per heavy atom. The van der Waals surface area contributed by atoms with E-state index in [-0.39, 0.29) is 5.84 Å². The highest BCUT2D eigenvalue weighted by molar-refractivity contribution is 6.03. The van der Waals surface area contributed by atoms with Gasteiger partial charge in [-0.25, -0.2) is 0 Å². The molecule has 0 bridgehead atoms. The maximum atomic E-state index is 9.06. The van der Waals surface area contributed by atoms with Gasteiger partial charge in [-0.15, -0.1) is 0 Å². The van der Waals surface area contributed by atoms with Crippen LogP contribution in [-0.2, 0) is 0 Å². The molecule has 0 aliphatic carbocycles. The zero-order chi connectivity index (χ0) is 25.5. The number of rotatable bonds is 6. The summed E-state index contributed by atoms with van der Waals surface area (Å²) in [6.45, 7) is 5.85. The lowest BCUT2D eigenvalue weighted by molar-refractivity contribution is 0.679. The average molecular weight is 469 g/mol. The quantitative estimate of drug-likeness (QED) is 0.206. The molecule has 0 fully saturated rings. The monoisotopic (exact) mass is 468 g/mol. The van der Waals surface area contributed by atoms with Crippen LogP contribution in [0.2, 0.25) is 0 Å². The number of nitriles is 1. The van der Waals surface area contributed by atoms with Crippen molar-refractivity contribution in [1.82, 2.24) is 5.32 Å². The Labute approximate surface area is 211 Å². The maximum absolute atomic E-state index is 9.06. The minimum atomic E-state index is -0.505. The fraction of sp³-hybridized carbons (Fsp3) is 0.0625. The van der Waals surface area contributed by atoms with Gasteiger partial charge in [-0.05, 0) is 69.4 Å². The van der Waals surface area contributed by atoms with Crippen LogP contribution in [0.1, 0.15) is 29.8 Å². The molecule has 1 unspecified atom stereocenters. The minimum absolute atomic E-state index is 0.249. The van der Waals surface area contributed by atoms with Gasteiger partial charge in [-0.2, -0.15) is 5.26 Å². The lowest BCUT2D eigenvalue weighted by Crippen LogP contribution is -2.36. The summed E-state index contributed by atoms with van der Waals surface area (Å²) in [5, 5.41) is 23.2. The predicted octanol–water partition coefficient (Wildman–Crippen LogP) is 5.23. The summed E-state index contributed by atoms with van der Waals surface area (Å²) in [6, 6.07) is 31.8. The summed E-state index contributed by atoms with van der Waals surface area (Å²) in [4.78, 5) is 0. The van der Waals surface area contributed by atoms with E-state index in [4.69, 9.17) is 16.4 Å². The zero-order valence-electron chi connectivity index (χ0n) is 20.2. The molecule has 0 amide bonds. The fourth-order valence-electron chi connectivity index (χ4n) is 4.16. The van der Waals surface area contributed by atoms with Crippen LogP contribution in [0.5, 0.6) is 0 Å². The third kappa shape index (κ3) is 5.33. The molecule has 4 nitrogen and oxygen atoms in total. The molecular formula is C32H28N4. The van der Waals surface area contributed by atoms with Crippen molar-refractivity contribution in [3.8, 4) is 28.3 Å². The summed E-state index contributed by atoms with van der Waals surface area (Å²) in [5.74, 6) is 0.249. The second-order valence-corrected chi connectivity index (χ2v) is 8.39. The normalized spacial score (nSPS) is 12.6. The number of hydrogen-bond donors (Lipinski definition) is 3. The van der Waals surface area contributed by atoms with E-state index in [2.05, 4.69) is 54.4 Å². The number of nitrogens with zero attached hydrogens (tertiary/aromatic N) is 1. The highest BCUT2D eigenvalue weighted by Gasteiger charge is 2.14. The molecule has 4 aromatic rings. The molecule has 4 heteroatoms. The summed E-state index contributed by atoms with van der Waals surface area (Å²) >= 11 is 0. The number of amidine groups is 1. The van der Waals surface area contributed by atoms with Crippen LogP contribution in [0.3, 0.4) is 0 Å². The van der Waals surface area contributed by atoms with Crippen molar-refractivity contribution in [2.24, 2.45) is 5.73 Å². The van der Waals surface area contributed by atoms with Crippen LogP contribution in [0.4, 0.5) is 0 Å². The van der Waals surface area contributed by atoms with Crippen LogP contribution in [-0.4, -0.2) is 5.84 Å². The third-order valence-corrected chi connectivity index (χ3v) is 6.10. The van der Waals surface area contributed by atoms with Gasteiger partial charge in [-0.3, -0.25) is 5.41 Å². The first-order chi connectivity index (χ1) is 17.5. The van der Waals surface area contributed by atoms with Crippen LogP contribution in [0, 0.1) is 16.7 Å². The number of hydrogen-bond acceptors (Lipinski definition) is 3. The molecule has 4 rings (SSSR count). The SMILES string of the molecule is C=C/C=c1/cc(C(=N)NC(N)c2ccccc2)c(-c2ccc(-c3ccc(C#N)cc3)cc2)c/c1=C/C. The van der Waals surface area contributed by atoms with Gasteiger partial charge >= 0.3 is 0 Å². The second-order valence-electron chi connectivity index (χ2n) is 8.39. The minimum Gasteiger partial charge on any atom is -0.351 e. The number of nitrogens with one attached hydrogen (secondary N) is 2. The molecule has 4 N–H and O–H groups in total. The molecule has 36 heavy (non-hydrogen) atoms. The van der Waals surface area contributed by atoms with Crippen molar-refractivity contribution in [2.75, 3.05) is 0 Å².